The van der Waals surface area contributed by atoms with Gasteiger partial charge in [0.05, 0.1) is 0 Å². The minimum Gasteiger partial charge on any atom is -0.310 e. The van der Waals surface area contributed by atoms with Crippen molar-refractivity contribution in [3.63, 3.8) is 0 Å². The maximum atomic E-state index is 3.46. The molecule has 1 atom stereocenters. The van der Waals surface area contributed by atoms with Gasteiger partial charge in [0.15, 0.2) is 0 Å². The van der Waals surface area contributed by atoms with Crippen molar-refractivity contribution in [3.05, 3.63) is 34.4 Å². The fourth-order valence-corrected chi connectivity index (χ4v) is 2.28. The van der Waals surface area contributed by atoms with Gasteiger partial charge < -0.3 is 5.32 Å². The molecular formula is C12H17N. The van der Waals surface area contributed by atoms with E-state index in [0.29, 0.717) is 6.04 Å². The molecule has 1 aliphatic rings. The lowest BCUT2D eigenvalue weighted by Gasteiger charge is -2.31. The molecule has 1 aromatic rings. The Morgan fingerprint density at radius 2 is 1.69 bits per heavy atom. The van der Waals surface area contributed by atoms with Gasteiger partial charge in [-0.25, -0.2) is 0 Å². The standard InChI is InChI=1S/C12H17N/c1-8-6-9(2)12(10(3)7-8)11-4-5-13-11/h6-7,11,13H,4-5H2,1-3H3/t11-/m0/s1. The summed E-state index contributed by atoms with van der Waals surface area (Å²) in [5, 5.41) is 3.46. The van der Waals surface area contributed by atoms with Crippen LogP contribution < -0.4 is 5.32 Å². The van der Waals surface area contributed by atoms with E-state index in [1.54, 1.807) is 0 Å². The van der Waals surface area contributed by atoms with Crippen molar-refractivity contribution < 1.29 is 0 Å². The fourth-order valence-electron chi connectivity index (χ4n) is 2.28. The molecule has 0 unspecified atom stereocenters. The molecule has 2 rings (SSSR count). The Bertz CT molecular complexity index is 301. The van der Waals surface area contributed by atoms with E-state index in [1.165, 1.54) is 35.2 Å². The van der Waals surface area contributed by atoms with Crippen LogP contribution in [0.4, 0.5) is 0 Å². The second kappa shape index (κ2) is 3.15. The molecule has 1 heteroatoms. The molecule has 0 amide bonds. The summed E-state index contributed by atoms with van der Waals surface area (Å²) in [5.41, 5.74) is 5.78. The smallest absolute Gasteiger partial charge is 0.0337 e. The Labute approximate surface area is 80.2 Å². The summed E-state index contributed by atoms with van der Waals surface area (Å²) in [4.78, 5) is 0. The number of benzene rings is 1. The van der Waals surface area contributed by atoms with E-state index >= 15 is 0 Å². The molecule has 1 aromatic carbocycles. The van der Waals surface area contributed by atoms with Crippen LogP contribution in [-0.2, 0) is 0 Å². The monoisotopic (exact) mass is 175 g/mol. The number of hydrogen-bond acceptors (Lipinski definition) is 1. The number of aryl methyl sites for hydroxylation is 3. The lowest BCUT2D eigenvalue weighted by atomic mass is 9.89. The summed E-state index contributed by atoms with van der Waals surface area (Å²) < 4.78 is 0. The van der Waals surface area contributed by atoms with Gasteiger partial charge in [-0.2, -0.15) is 0 Å². The van der Waals surface area contributed by atoms with E-state index in [0.717, 1.165) is 0 Å². The molecule has 0 aromatic heterocycles. The number of nitrogens with one attached hydrogen (secondary N) is 1. The van der Waals surface area contributed by atoms with Crippen LogP contribution in [0.25, 0.3) is 0 Å². The highest BCUT2D eigenvalue weighted by Crippen LogP contribution is 2.29. The Morgan fingerprint density at radius 1 is 1.15 bits per heavy atom. The molecule has 1 N–H and O–H groups in total. The fraction of sp³-hybridized carbons (Fsp3) is 0.500. The predicted octanol–water partition coefficient (Wildman–Crippen LogP) is 2.65. The first-order valence-corrected chi connectivity index (χ1v) is 4.99. The Hall–Kier alpha value is -0.820. The summed E-state index contributed by atoms with van der Waals surface area (Å²) in [5.74, 6) is 0. The summed E-state index contributed by atoms with van der Waals surface area (Å²) in [6.45, 7) is 7.78. The van der Waals surface area contributed by atoms with Crippen molar-refractivity contribution in [2.75, 3.05) is 6.54 Å². The van der Waals surface area contributed by atoms with Gasteiger partial charge in [0.1, 0.15) is 0 Å². The van der Waals surface area contributed by atoms with E-state index < -0.39 is 0 Å². The molecule has 13 heavy (non-hydrogen) atoms. The van der Waals surface area contributed by atoms with Gasteiger partial charge in [0.25, 0.3) is 0 Å². The van der Waals surface area contributed by atoms with Crippen LogP contribution in [0.1, 0.15) is 34.7 Å². The summed E-state index contributed by atoms with van der Waals surface area (Å²) >= 11 is 0. The van der Waals surface area contributed by atoms with E-state index in [1.807, 2.05) is 0 Å². The zero-order chi connectivity index (χ0) is 9.42. The number of hydrogen-bond donors (Lipinski definition) is 1. The van der Waals surface area contributed by atoms with Gasteiger partial charge in [0, 0.05) is 6.04 Å². The van der Waals surface area contributed by atoms with Crippen LogP contribution in [0.3, 0.4) is 0 Å². The van der Waals surface area contributed by atoms with Gasteiger partial charge in [-0.15, -0.1) is 0 Å². The Morgan fingerprint density at radius 3 is 2.08 bits per heavy atom. The molecule has 1 aliphatic heterocycles. The molecule has 0 aliphatic carbocycles. The quantitative estimate of drug-likeness (QED) is 0.692. The maximum absolute atomic E-state index is 3.46. The largest absolute Gasteiger partial charge is 0.310 e. The first kappa shape index (κ1) is 8.76. The van der Waals surface area contributed by atoms with Crippen LogP contribution in [0, 0.1) is 20.8 Å². The predicted molar refractivity (Wildman–Crippen MR) is 56.0 cm³/mol. The molecule has 1 saturated heterocycles. The van der Waals surface area contributed by atoms with Crippen molar-refractivity contribution in [3.8, 4) is 0 Å². The van der Waals surface area contributed by atoms with Crippen molar-refractivity contribution in [1.82, 2.24) is 5.32 Å². The van der Waals surface area contributed by atoms with E-state index in [-0.39, 0.29) is 0 Å². The number of rotatable bonds is 1. The average molecular weight is 175 g/mol. The SMILES string of the molecule is Cc1cc(C)c([C@@H]2CCN2)c(C)c1. The molecule has 1 fully saturated rings. The molecular weight excluding hydrogens is 158 g/mol. The second-order valence-electron chi connectivity index (χ2n) is 4.11. The third-order valence-corrected chi connectivity index (χ3v) is 2.91. The zero-order valence-electron chi connectivity index (χ0n) is 8.65. The summed E-state index contributed by atoms with van der Waals surface area (Å²) in [6.07, 6.45) is 1.30. The molecule has 1 nitrogen and oxygen atoms in total. The van der Waals surface area contributed by atoms with Crippen molar-refractivity contribution in [2.45, 2.75) is 33.2 Å². The van der Waals surface area contributed by atoms with Crippen molar-refractivity contribution in [2.24, 2.45) is 0 Å². The topological polar surface area (TPSA) is 12.0 Å². The third kappa shape index (κ3) is 1.49. The molecule has 0 spiro atoms. The normalized spacial score (nSPS) is 21.3. The van der Waals surface area contributed by atoms with E-state index in [2.05, 4.69) is 38.2 Å². The van der Waals surface area contributed by atoms with Crippen molar-refractivity contribution in [1.29, 1.82) is 0 Å². The lowest BCUT2D eigenvalue weighted by molar-refractivity contribution is 0.380. The lowest BCUT2D eigenvalue weighted by Crippen LogP contribution is -2.35. The molecule has 0 radical (unpaired) electrons. The Balaban J connectivity index is 2.43. The zero-order valence-corrected chi connectivity index (χ0v) is 8.65. The van der Waals surface area contributed by atoms with Crippen LogP contribution in [0.15, 0.2) is 12.1 Å². The van der Waals surface area contributed by atoms with E-state index in [4.69, 9.17) is 0 Å². The highest BCUT2D eigenvalue weighted by Gasteiger charge is 2.21. The molecule has 0 saturated carbocycles. The van der Waals surface area contributed by atoms with Gasteiger partial charge in [-0.3, -0.25) is 0 Å². The van der Waals surface area contributed by atoms with Crippen LogP contribution in [-0.4, -0.2) is 6.54 Å². The average Bonchev–Trinajstić information content (AvgIpc) is 1.92. The molecule has 70 valence electrons. The molecule has 1 heterocycles. The van der Waals surface area contributed by atoms with Gasteiger partial charge in [-0.05, 0) is 50.4 Å². The summed E-state index contributed by atoms with van der Waals surface area (Å²) in [7, 11) is 0. The van der Waals surface area contributed by atoms with Gasteiger partial charge >= 0.3 is 0 Å². The minimum absolute atomic E-state index is 0.626. The first-order chi connectivity index (χ1) is 6.18. The third-order valence-electron chi connectivity index (χ3n) is 2.91. The maximum Gasteiger partial charge on any atom is 0.0337 e. The second-order valence-corrected chi connectivity index (χ2v) is 4.11. The van der Waals surface area contributed by atoms with Crippen LogP contribution >= 0.6 is 0 Å². The van der Waals surface area contributed by atoms with E-state index in [9.17, 15) is 0 Å². The highest BCUT2D eigenvalue weighted by molar-refractivity contribution is 5.40. The van der Waals surface area contributed by atoms with Gasteiger partial charge in [0.2, 0.25) is 0 Å². The summed E-state index contributed by atoms with van der Waals surface area (Å²) in [6, 6.07) is 5.19. The van der Waals surface area contributed by atoms with Gasteiger partial charge in [-0.1, -0.05) is 17.7 Å². The minimum atomic E-state index is 0.626. The Kier molecular flexibility index (Phi) is 2.12. The molecule has 0 bridgehead atoms. The highest BCUT2D eigenvalue weighted by atomic mass is 15.0. The first-order valence-electron chi connectivity index (χ1n) is 4.99. The van der Waals surface area contributed by atoms with Crippen molar-refractivity contribution >= 4 is 0 Å². The van der Waals surface area contributed by atoms with Crippen LogP contribution in [0.2, 0.25) is 0 Å². The van der Waals surface area contributed by atoms with Crippen LogP contribution in [0.5, 0.6) is 0 Å².